The van der Waals surface area contributed by atoms with Crippen LogP contribution in [-0.2, 0) is 0 Å². The van der Waals surface area contributed by atoms with E-state index in [0.717, 1.165) is 17.5 Å². The molecule has 1 aliphatic heterocycles. The van der Waals surface area contributed by atoms with Crippen molar-refractivity contribution in [2.45, 2.75) is 19.3 Å². The number of hydrogen-bond donors (Lipinski definition) is 2. The van der Waals surface area contributed by atoms with E-state index in [0.29, 0.717) is 0 Å². The summed E-state index contributed by atoms with van der Waals surface area (Å²) < 4.78 is 3.07. The molecule has 0 unspecified atom stereocenters. The van der Waals surface area contributed by atoms with Crippen LogP contribution in [-0.4, -0.2) is 22.0 Å². The number of piperidine rings is 1. The van der Waals surface area contributed by atoms with Gasteiger partial charge in [-0.3, -0.25) is 0 Å². The monoisotopic (exact) mass is 162 g/mol. The van der Waals surface area contributed by atoms with Gasteiger partial charge < -0.3 is 0 Å². The van der Waals surface area contributed by atoms with Crippen molar-refractivity contribution in [3.63, 3.8) is 0 Å². The molecule has 1 aliphatic rings. The Morgan fingerprint density at radius 2 is 1.56 bits per heavy atom. The van der Waals surface area contributed by atoms with Crippen LogP contribution in [0.3, 0.4) is 0 Å². The lowest BCUT2D eigenvalue weighted by atomic mass is 10.2. The molecular weight excluding hydrogens is 150 g/mol. The van der Waals surface area contributed by atoms with Gasteiger partial charge in [-0.2, -0.15) is 0 Å². The predicted molar refractivity (Wildman–Crippen MR) is 46.8 cm³/mol. The molecule has 1 fully saturated rings. The molecule has 9 heavy (non-hydrogen) atoms. The van der Waals surface area contributed by atoms with Gasteiger partial charge in [0.25, 0.3) is 4.38 Å². The van der Waals surface area contributed by atoms with Gasteiger partial charge >= 0.3 is 0 Å². The molecule has 52 valence electrons. The molecule has 0 saturated carbocycles. The first kappa shape index (κ1) is 7.48. The minimum atomic E-state index is 0.870. The minimum Gasteiger partial charge on any atom is -0.219 e. The van der Waals surface area contributed by atoms with Crippen LogP contribution in [0.4, 0.5) is 0 Å². The zero-order chi connectivity index (χ0) is 6.69. The molecule has 1 nitrogen and oxygen atoms in total. The lowest BCUT2D eigenvalue weighted by Crippen LogP contribution is -2.22. The average Bonchev–Trinajstić information content (AvgIpc) is 1.90. The zero-order valence-corrected chi connectivity index (χ0v) is 7.17. The van der Waals surface area contributed by atoms with E-state index in [1.807, 2.05) is 0 Å². The molecule has 0 aromatic heterocycles. The van der Waals surface area contributed by atoms with Gasteiger partial charge in [-0.15, -0.1) is 0 Å². The van der Waals surface area contributed by atoms with Crippen molar-refractivity contribution in [2.75, 3.05) is 13.1 Å². The summed E-state index contributed by atoms with van der Waals surface area (Å²) in [6, 6.07) is 0. The quantitative estimate of drug-likeness (QED) is 0.301. The van der Waals surface area contributed by atoms with Crippen LogP contribution in [0.15, 0.2) is 0 Å². The summed E-state index contributed by atoms with van der Waals surface area (Å²) in [5, 5.41) is 0. The Kier molecular flexibility index (Phi) is 2.92. The molecule has 0 aromatic rings. The van der Waals surface area contributed by atoms with E-state index < -0.39 is 0 Å². The van der Waals surface area contributed by atoms with Crippen LogP contribution >= 0.6 is 25.3 Å². The lowest BCUT2D eigenvalue weighted by Gasteiger charge is -2.09. The number of rotatable bonds is 0. The maximum Gasteiger partial charge on any atom is 0.263 e. The first-order valence-electron chi connectivity index (χ1n) is 3.30. The lowest BCUT2D eigenvalue weighted by molar-refractivity contribution is -0.532. The molecule has 1 saturated heterocycles. The van der Waals surface area contributed by atoms with Gasteiger partial charge in [0.05, 0.1) is 0 Å². The molecule has 0 aliphatic carbocycles. The van der Waals surface area contributed by atoms with E-state index >= 15 is 0 Å². The van der Waals surface area contributed by atoms with E-state index in [4.69, 9.17) is 0 Å². The van der Waals surface area contributed by atoms with Crippen LogP contribution in [0.1, 0.15) is 19.3 Å². The molecule has 1 heterocycles. The van der Waals surface area contributed by atoms with Gasteiger partial charge in [0.1, 0.15) is 13.1 Å². The molecule has 3 heteroatoms. The van der Waals surface area contributed by atoms with E-state index in [-0.39, 0.29) is 0 Å². The highest BCUT2D eigenvalue weighted by Crippen LogP contribution is 2.06. The van der Waals surface area contributed by atoms with Crippen LogP contribution < -0.4 is 0 Å². The Balaban J connectivity index is 2.49. The Hall–Kier alpha value is 0.370. The Labute approximate surface area is 67.0 Å². The standard InChI is InChI=1S/C6H11NS2/c8-6(9)7-4-2-1-3-5-7/h1-5H2,(H,8,9)/p+1. The van der Waals surface area contributed by atoms with Gasteiger partial charge in [0.2, 0.25) is 0 Å². The Morgan fingerprint density at radius 3 is 1.89 bits per heavy atom. The summed E-state index contributed by atoms with van der Waals surface area (Å²) in [6.07, 6.45) is 3.96. The Morgan fingerprint density at radius 1 is 1.00 bits per heavy atom. The number of nitrogens with zero attached hydrogens (tertiary/aromatic N) is 1. The van der Waals surface area contributed by atoms with Crippen molar-refractivity contribution < 1.29 is 4.58 Å². The SMILES string of the molecule is SC(S)=[N+]1CCCCC1. The van der Waals surface area contributed by atoms with Crippen molar-refractivity contribution in [3.05, 3.63) is 0 Å². The van der Waals surface area contributed by atoms with E-state index in [1.165, 1.54) is 19.3 Å². The van der Waals surface area contributed by atoms with Crippen LogP contribution in [0.25, 0.3) is 0 Å². The van der Waals surface area contributed by atoms with Crippen molar-refractivity contribution >= 4 is 29.6 Å². The molecule has 0 N–H and O–H groups in total. The zero-order valence-electron chi connectivity index (χ0n) is 5.38. The summed E-state index contributed by atoms with van der Waals surface area (Å²) in [7, 11) is 0. The van der Waals surface area contributed by atoms with Gasteiger partial charge in [0, 0.05) is 12.8 Å². The van der Waals surface area contributed by atoms with Crippen LogP contribution in [0.5, 0.6) is 0 Å². The molecule has 0 spiro atoms. The molecule has 0 amide bonds. The minimum absolute atomic E-state index is 0.870. The normalized spacial score (nSPS) is 20.0. The molecule has 0 atom stereocenters. The maximum absolute atomic E-state index is 4.15. The van der Waals surface area contributed by atoms with Gasteiger partial charge in [-0.05, 0) is 6.42 Å². The third-order valence-electron chi connectivity index (χ3n) is 1.64. The molecule has 0 radical (unpaired) electrons. The summed E-state index contributed by atoms with van der Waals surface area (Å²) in [5.41, 5.74) is 0. The summed E-state index contributed by atoms with van der Waals surface area (Å²) in [6.45, 7) is 2.28. The average molecular weight is 162 g/mol. The van der Waals surface area contributed by atoms with Crippen LogP contribution in [0, 0.1) is 0 Å². The van der Waals surface area contributed by atoms with Gasteiger partial charge in [-0.25, -0.2) is 4.58 Å². The van der Waals surface area contributed by atoms with Crippen molar-refractivity contribution in [2.24, 2.45) is 0 Å². The topological polar surface area (TPSA) is 3.01 Å². The number of hydrogen-bond acceptors (Lipinski definition) is 0. The highest BCUT2D eigenvalue weighted by atomic mass is 32.2. The second kappa shape index (κ2) is 3.52. The third-order valence-corrected chi connectivity index (χ3v) is 2.20. The molecule has 0 aromatic carbocycles. The predicted octanol–water partition coefficient (Wildman–Crippen LogP) is 1.40. The van der Waals surface area contributed by atoms with Crippen molar-refractivity contribution in [3.8, 4) is 0 Å². The van der Waals surface area contributed by atoms with Gasteiger partial charge in [0.15, 0.2) is 0 Å². The van der Waals surface area contributed by atoms with Crippen LogP contribution in [0.2, 0.25) is 0 Å². The summed E-state index contributed by atoms with van der Waals surface area (Å²) >= 11 is 8.30. The summed E-state index contributed by atoms with van der Waals surface area (Å²) in [5.74, 6) is 0. The molecule has 0 bridgehead atoms. The third kappa shape index (κ3) is 2.22. The number of thiol groups is 2. The first-order valence-corrected chi connectivity index (χ1v) is 4.20. The fourth-order valence-electron chi connectivity index (χ4n) is 1.09. The molecular formula is C6H12NS2+. The molecule has 1 rings (SSSR count). The second-order valence-electron chi connectivity index (χ2n) is 2.35. The second-order valence-corrected chi connectivity index (χ2v) is 3.55. The van der Waals surface area contributed by atoms with Crippen molar-refractivity contribution in [1.82, 2.24) is 0 Å². The largest absolute Gasteiger partial charge is 0.263 e. The Bertz CT molecular complexity index is 119. The highest BCUT2D eigenvalue weighted by molar-refractivity contribution is 8.23. The smallest absolute Gasteiger partial charge is 0.219 e. The fourth-order valence-corrected chi connectivity index (χ4v) is 1.49. The summed E-state index contributed by atoms with van der Waals surface area (Å²) in [4.78, 5) is 0. The highest BCUT2D eigenvalue weighted by Gasteiger charge is 2.12. The maximum atomic E-state index is 4.15. The first-order chi connectivity index (χ1) is 4.30. The van der Waals surface area contributed by atoms with E-state index in [9.17, 15) is 0 Å². The van der Waals surface area contributed by atoms with Gasteiger partial charge in [-0.1, -0.05) is 25.3 Å². The fraction of sp³-hybridized carbons (Fsp3) is 0.833. The van der Waals surface area contributed by atoms with E-state index in [2.05, 4.69) is 29.8 Å². The van der Waals surface area contributed by atoms with E-state index in [1.54, 1.807) is 0 Å². The van der Waals surface area contributed by atoms with Crippen molar-refractivity contribution in [1.29, 1.82) is 0 Å².